The average Bonchev–Trinajstić information content (AvgIpc) is 2.69. The molecule has 2 aromatic carbocycles. The van der Waals surface area contributed by atoms with Crippen LogP contribution in [0.25, 0.3) is 6.08 Å². The number of para-hydroxylation sites is 1. The molecule has 0 saturated carbocycles. The Hall–Kier alpha value is -2.02. The second-order valence-electron chi connectivity index (χ2n) is 7.17. The number of hydrogen-bond donors (Lipinski definition) is 1. The molecule has 0 amide bonds. The maximum atomic E-state index is 13.1. The van der Waals surface area contributed by atoms with Gasteiger partial charge in [0, 0.05) is 25.2 Å². The third kappa shape index (κ3) is 5.13. The number of ether oxygens (including phenoxy) is 1. The Labute approximate surface area is 173 Å². The number of methoxy groups -OCH3 is 1. The van der Waals surface area contributed by atoms with Crippen molar-refractivity contribution in [2.45, 2.75) is 24.6 Å². The normalized spacial score (nSPS) is 17.6. The smallest absolute Gasteiger partial charge is 0.417 e. The molecule has 0 radical (unpaired) electrons. The lowest BCUT2D eigenvalue weighted by molar-refractivity contribution is -0.137. The molecule has 0 bridgehead atoms. The Kier molecular flexibility index (Phi) is 6.56. The van der Waals surface area contributed by atoms with Gasteiger partial charge in [-0.25, -0.2) is 0 Å². The van der Waals surface area contributed by atoms with Gasteiger partial charge >= 0.3 is 6.18 Å². The minimum atomic E-state index is -4.55. The van der Waals surface area contributed by atoms with E-state index in [-0.39, 0.29) is 10.6 Å². The topological polar surface area (TPSA) is 32.7 Å². The molecule has 0 atom stereocenters. The van der Waals surface area contributed by atoms with E-state index in [2.05, 4.69) is 4.90 Å². The molecule has 0 aliphatic carbocycles. The Morgan fingerprint density at radius 2 is 1.86 bits per heavy atom. The van der Waals surface area contributed by atoms with E-state index in [4.69, 9.17) is 16.3 Å². The number of piperidine rings is 1. The zero-order valence-electron chi connectivity index (χ0n) is 16.0. The van der Waals surface area contributed by atoms with Crippen molar-refractivity contribution in [3.8, 4) is 5.75 Å². The van der Waals surface area contributed by atoms with Crippen LogP contribution in [0.1, 0.15) is 29.5 Å². The van der Waals surface area contributed by atoms with Crippen LogP contribution in [0.15, 0.2) is 48.5 Å². The third-order valence-electron chi connectivity index (χ3n) is 5.29. The summed E-state index contributed by atoms with van der Waals surface area (Å²) < 4.78 is 44.7. The molecule has 1 heterocycles. The molecule has 1 fully saturated rings. The molecule has 156 valence electrons. The van der Waals surface area contributed by atoms with E-state index in [0.29, 0.717) is 32.5 Å². The van der Waals surface area contributed by atoms with Crippen molar-refractivity contribution in [3.63, 3.8) is 0 Å². The van der Waals surface area contributed by atoms with Gasteiger partial charge < -0.3 is 9.84 Å². The van der Waals surface area contributed by atoms with Crippen molar-refractivity contribution in [1.29, 1.82) is 0 Å². The predicted octanol–water partition coefficient (Wildman–Crippen LogP) is 5.36. The van der Waals surface area contributed by atoms with Gasteiger partial charge in [-0.3, -0.25) is 4.90 Å². The summed E-state index contributed by atoms with van der Waals surface area (Å²) in [6.07, 6.45) is 0.164. The van der Waals surface area contributed by atoms with Crippen LogP contribution in [-0.2, 0) is 11.8 Å². The van der Waals surface area contributed by atoms with Crippen molar-refractivity contribution in [2.24, 2.45) is 0 Å². The summed E-state index contributed by atoms with van der Waals surface area (Å²) in [5.41, 5.74) is -0.956. The van der Waals surface area contributed by atoms with Gasteiger partial charge in [-0.1, -0.05) is 48.0 Å². The first-order valence-corrected chi connectivity index (χ1v) is 9.72. The van der Waals surface area contributed by atoms with Gasteiger partial charge in [0.15, 0.2) is 0 Å². The highest BCUT2D eigenvalue weighted by Gasteiger charge is 2.38. The van der Waals surface area contributed by atoms with Gasteiger partial charge in [0.25, 0.3) is 0 Å². The number of nitrogens with zero attached hydrogens (tertiary/aromatic N) is 1. The van der Waals surface area contributed by atoms with Crippen molar-refractivity contribution in [3.05, 3.63) is 70.3 Å². The molecular formula is C22H23ClF3NO2. The second-order valence-corrected chi connectivity index (χ2v) is 7.58. The second kappa shape index (κ2) is 8.78. The predicted molar refractivity (Wildman–Crippen MR) is 108 cm³/mol. The fourth-order valence-corrected chi connectivity index (χ4v) is 3.78. The van der Waals surface area contributed by atoms with E-state index in [1.807, 2.05) is 36.4 Å². The summed E-state index contributed by atoms with van der Waals surface area (Å²) in [6.45, 7) is 1.84. The standard InChI is InChI=1S/C22H23ClF3NO2/c1-29-20-7-3-2-5-16(20)6-4-12-27-13-10-21(28,11-14-27)17-8-9-19(23)18(15-17)22(24,25)26/h2-9,15,28H,10-14H2,1H3. The summed E-state index contributed by atoms with van der Waals surface area (Å²) in [4.78, 5) is 2.15. The van der Waals surface area contributed by atoms with Crippen LogP contribution in [0.5, 0.6) is 5.75 Å². The van der Waals surface area contributed by atoms with Crippen LogP contribution >= 0.6 is 11.6 Å². The van der Waals surface area contributed by atoms with Crippen molar-refractivity contribution < 1.29 is 23.0 Å². The number of likely N-dealkylation sites (tertiary alicyclic amines) is 1. The van der Waals surface area contributed by atoms with Crippen LogP contribution in [0, 0.1) is 0 Å². The van der Waals surface area contributed by atoms with Crippen LogP contribution in [-0.4, -0.2) is 36.8 Å². The number of halogens is 4. The van der Waals surface area contributed by atoms with Crippen LogP contribution in [0.4, 0.5) is 13.2 Å². The van der Waals surface area contributed by atoms with E-state index in [0.717, 1.165) is 17.4 Å². The fraction of sp³-hybridized carbons (Fsp3) is 0.364. The molecule has 1 aliphatic rings. The molecule has 1 aliphatic heterocycles. The lowest BCUT2D eigenvalue weighted by Gasteiger charge is -2.38. The lowest BCUT2D eigenvalue weighted by Crippen LogP contribution is -2.42. The summed E-state index contributed by atoms with van der Waals surface area (Å²) in [5, 5.41) is 10.6. The Bertz CT molecular complexity index is 875. The first-order chi connectivity index (χ1) is 13.7. The zero-order chi connectivity index (χ0) is 21.1. The molecule has 3 nitrogen and oxygen atoms in total. The molecule has 29 heavy (non-hydrogen) atoms. The lowest BCUT2D eigenvalue weighted by atomic mass is 9.83. The summed E-state index contributed by atoms with van der Waals surface area (Å²) in [7, 11) is 1.62. The SMILES string of the molecule is COc1ccccc1C=CCN1CCC(O)(c2ccc(Cl)c(C(F)(F)F)c2)CC1. The molecule has 2 aromatic rings. The molecular weight excluding hydrogens is 403 g/mol. The summed E-state index contributed by atoms with van der Waals surface area (Å²) in [6, 6.07) is 11.4. The molecule has 0 spiro atoms. The van der Waals surface area contributed by atoms with E-state index >= 15 is 0 Å². The minimum absolute atomic E-state index is 0.262. The van der Waals surface area contributed by atoms with E-state index in [1.165, 1.54) is 12.1 Å². The van der Waals surface area contributed by atoms with E-state index < -0.39 is 17.3 Å². The Balaban J connectivity index is 1.63. The maximum absolute atomic E-state index is 13.1. The van der Waals surface area contributed by atoms with Gasteiger partial charge in [-0.15, -0.1) is 0 Å². The van der Waals surface area contributed by atoms with E-state index in [9.17, 15) is 18.3 Å². The first-order valence-electron chi connectivity index (χ1n) is 9.34. The number of hydrogen-bond acceptors (Lipinski definition) is 3. The number of rotatable bonds is 5. The molecule has 1 N–H and O–H groups in total. The van der Waals surface area contributed by atoms with Crippen molar-refractivity contribution in [1.82, 2.24) is 4.90 Å². The van der Waals surface area contributed by atoms with E-state index in [1.54, 1.807) is 7.11 Å². The number of alkyl halides is 3. The minimum Gasteiger partial charge on any atom is -0.496 e. The molecule has 7 heteroatoms. The van der Waals surface area contributed by atoms with Gasteiger partial charge in [-0.2, -0.15) is 13.2 Å². The zero-order valence-corrected chi connectivity index (χ0v) is 16.8. The summed E-state index contributed by atoms with van der Waals surface area (Å²) in [5.74, 6) is 0.792. The Morgan fingerprint density at radius 1 is 1.17 bits per heavy atom. The van der Waals surface area contributed by atoms with Gasteiger partial charge in [-0.05, 0) is 36.6 Å². The molecule has 0 aromatic heterocycles. The van der Waals surface area contributed by atoms with Gasteiger partial charge in [0.05, 0.1) is 23.3 Å². The fourth-order valence-electron chi connectivity index (χ4n) is 3.56. The quantitative estimate of drug-likeness (QED) is 0.699. The van der Waals surface area contributed by atoms with Crippen LogP contribution in [0.2, 0.25) is 5.02 Å². The van der Waals surface area contributed by atoms with Gasteiger partial charge in [0.1, 0.15) is 5.75 Å². The highest BCUT2D eigenvalue weighted by molar-refractivity contribution is 6.31. The average molecular weight is 426 g/mol. The highest BCUT2D eigenvalue weighted by Crippen LogP contribution is 2.39. The molecule has 1 saturated heterocycles. The molecule has 3 rings (SSSR count). The highest BCUT2D eigenvalue weighted by atomic mass is 35.5. The van der Waals surface area contributed by atoms with Crippen molar-refractivity contribution >= 4 is 17.7 Å². The number of aliphatic hydroxyl groups is 1. The maximum Gasteiger partial charge on any atom is 0.417 e. The van der Waals surface area contributed by atoms with Gasteiger partial charge in [0.2, 0.25) is 0 Å². The molecule has 0 unspecified atom stereocenters. The Morgan fingerprint density at radius 3 is 2.52 bits per heavy atom. The third-order valence-corrected chi connectivity index (χ3v) is 5.62. The first kappa shape index (κ1) is 21.7. The summed E-state index contributed by atoms with van der Waals surface area (Å²) >= 11 is 5.69. The van der Waals surface area contributed by atoms with Crippen molar-refractivity contribution in [2.75, 3.05) is 26.7 Å². The van der Waals surface area contributed by atoms with Crippen LogP contribution < -0.4 is 4.74 Å². The largest absolute Gasteiger partial charge is 0.496 e. The monoisotopic (exact) mass is 425 g/mol. The van der Waals surface area contributed by atoms with Crippen LogP contribution in [0.3, 0.4) is 0 Å². The number of benzene rings is 2.